The van der Waals surface area contributed by atoms with E-state index >= 15 is 0 Å². The maximum absolute atomic E-state index is 13.2. The maximum Gasteiger partial charge on any atom is 0.264 e. The third-order valence-corrected chi connectivity index (χ3v) is 7.22. The molecule has 4 rings (SSSR count). The minimum Gasteiger partial charge on any atom is -0.497 e. The smallest absolute Gasteiger partial charge is 0.264 e. The maximum atomic E-state index is 13.2. The van der Waals surface area contributed by atoms with E-state index in [2.05, 4.69) is 0 Å². The monoisotopic (exact) mass is 524 g/mol. The van der Waals surface area contributed by atoms with Gasteiger partial charge in [-0.25, -0.2) is 13.1 Å². The number of methoxy groups -OCH3 is 1. The summed E-state index contributed by atoms with van der Waals surface area (Å²) < 4.78 is 34.1. The first-order chi connectivity index (χ1) is 17.1. The molecule has 0 atom stereocenters. The van der Waals surface area contributed by atoms with Gasteiger partial charge in [0.1, 0.15) is 5.75 Å². The summed E-state index contributed by atoms with van der Waals surface area (Å²) in [5.74, 6) is -0.819. The van der Waals surface area contributed by atoms with Gasteiger partial charge in [0.15, 0.2) is 5.78 Å². The Hall–Kier alpha value is -3.95. The van der Waals surface area contributed by atoms with E-state index in [9.17, 15) is 22.8 Å². The fourth-order valence-corrected chi connectivity index (χ4v) is 4.84. The molecule has 0 aliphatic rings. The molecule has 8 nitrogen and oxygen atoms in total. The summed E-state index contributed by atoms with van der Waals surface area (Å²) in [6.45, 7) is 1.37. The highest BCUT2D eigenvalue weighted by Crippen LogP contribution is 2.28. The molecule has 1 heterocycles. The van der Waals surface area contributed by atoms with Crippen molar-refractivity contribution >= 4 is 50.1 Å². The lowest BCUT2D eigenvalue weighted by molar-refractivity contribution is -0.118. The van der Waals surface area contributed by atoms with Crippen molar-refractivity contribution in [2.75, 3.05) is 7.11 Å². The number of hydrogen-bond donors (Lipinski definition) is 1. The summed E-state index contributed by atoms with van der Waals surface area (Å²) in [6.07, 6.45) is 1.20. The van der Waals surface area contributed by atoms with E-state index in [-0.39, 0.29) is 23.0 Å². The number of carbonyl (C=O) groups excluding carboxylic acids is 3. The first-order valence-corrected chi connectivity index (χ1v) is 12.6. The first-order valence-electron chi connectivity index (χ1n) is 10.7. The zero-order valence-electron chi connectivity index (χ0n) is 19.3. The van der Waals surface area contributed by atoms with Crippen LogP contribution in [0.2, 0.25) is 5.02 Å². The number of amides is 1. The third kappa shape index (κ3) is 5.17. The van der Waals surface area contributed by atoms with Crippen LogP contribution in [0.4, 0.5) is 0 Å². The Morgan fingerprint density at radius 2 is 1.58 bits per heavy atom. The van der Waals surface area contributed by atoms with Crippen molar-refractivity contribution in [1.29, 1.82) is 0 Å². The average molecular weight is 525 g/mol. The molecule has 0 fully saturated rings. The predicted octanol–water partition coefficient (Wildman–Crippen LogP) is 4.24. The van der Waals surface area contributed by atoms with E-state index < -0.39 is 15.9 Å². The summed E-state index contributed by atoms with van der Waals surface area (Å²) in [5.41, 5.74) is 1.71. The van der Waals surface area contributed by atoms with Gasteiger partial charge in [-0.2, -0.15) is 0 Å². The molecule has 3 aromatic carbocycles. The fraction of sp³-hybridized carbons (Fsp3) is 0.115. The van der Waals surface area contributed by atoms with Crippen molar-refractivity contribution in [3.05, 3.63) is 94.6 Å². The molecule has 1 aromatic heterocycles. The lowest BCUT2D eigenvalue weighted by atomic mass is 10.1. The molecular weight excluding hydrogens is 504 g/mol. The van der Waals surface area contributed by atoms with Crippen molar-refractivity contribution < 1.29 is 27.5 Å². The number of ether oxygens (including phenoxy) is 1. The number of aromatic nitrogens is 1. The molecule has 10 heteroatoms. The van der Waals surface area contributed by atoms with Gasteiger partial charge in [0.25, 0.3) is 15.9 Å². The largest absolute Gasteiger partial charge is 0.497 e. The zero-order valence-corrected chi connectivity index (χ0v) is 20.9. The first kappa shape index (κ1) is 25.2. The highest BCUT2D eigenvalue weighted by molar-refractivity contribution is 7.90. The number of nitrogens with zero attached hydrogens (tertiary/aromatic N) is 1. The highest BCUT2D eigenvalue weighted by Gasteiger charge is 2.22. The van der Waals surface area contributed by atoms with Crippen molar-refractivity contribution in [2.24, 2.45) is 0 Å². The molecule has 0 aliphatic heterocycles. The van der Waals surface area contributed by atoms with Gasteiger partial charge in [-0.05, 0) is 67.1 Å². The molecule has 0 radical (unpaired) electrons. The standard InChI is InChI=1S/C26H21ClN2O6S/c1-16(30)17-5-10-22(11-6-17)36(33,34)28-25(31)13-19-15-29(24-12-9-21(35-2)14-23(19)24)26(32)18-3-7-20(27)8-4-18/h3-12,14-15H,13H2,1-2H3,(H,28,31). The number of ketones is 1. The number of carbonyl (C=O) groups is 3. The number of halogens is 1. The number of hydrogen-bond acceptors (Lipinski definition) is 6. The lowest BCUT2D eigenvalue weighted by Crippen LogP contribution is -2.31. The van der Waals surface area contributed by atoms with Gasteiger partial charge in [-0.15, -0.1) is 0 Å². The van der Waals surface area contributed by atoms with Gasteiger partial charge < -0.3 is 4.74 Å². The fourth-order valence-electron chi connectivity index (χ4n) is 3.73. The van der Waals surface area contributed by atoms with Crippen LogP contribution in [0, 0.1) is 0 Å². The molecule has 0 saturated heterocycles. The molecule has 184 valence electrons. The number of benzene rings is 3. The van der Waals surface area contributed by atoms with Gasteiger partial charge in [-0.3, -0.25) is 19.0 Å². The summed E-state index contributed by atoms with van der Waals surface area (Å²) in [5, 5.41) is 1.05. The van der Waals surface area contributed by atoms with Crippen molar-refractivity contribution in [3.63, 3.8) is 0 Å². The summed E-state index contributed by atoms with van der Waals surface area (Å²) in [6, 6.07) is 16.7. The van der Waals surface area contributed by atoms with E-state index in [1.54, 1.807) is 42.5 Å². The molecule has 36 heavy (non-hydrogen) atoms. The van der Waals surface area contributed by atoms with Crippen LogP contribution < -0.4 is 9.46 Å². The van der Waals surface area contributed by atoms with Crippen LogP contribution in [0.3, 0.4) is 0 Å². The molecule has 1 N–H and O–H groups in total. The van der Waals surface area contributed by atoms with E-state index in [0.717, 1.165) is 0 Å². The second kappa shape index (κ2) is 9.96. The normalized spacial score (nSPS) is 11.3. The van der Waals surface area contributed by atoms with Gasteiger partial charge in [0, 0.05) is 27.7 Å². The highest BCUT2D eigenvalue weighted by atomic mass is 35.5. The lowest BCUT2D eigenvalue weighted by Gasteiger charge is -2.07. The second-order valence-electron chi connectivity index (χ2n) is 8.01. The molecule has 0 aliphatic carbocycles. The van der Waals surface area contributed by atoms with Crippen LogP contribution in [-0.4, -0.2) is 37.7 Å². The number of nitrogens with one attached hydrogen (secondary N) is 1. The number of sulfonamides is 1. The Morgan fingerprint density at radius 1 is 0.944 bits per heavy atom. The summed E-state index contributed by atoms with van der Waals surface area (Å²) >= 11 is 5.93. The third-order valence-electron chi connectivity index (χ3n) is 5.57. The Labute approximate surface area is 212 Å². The molecule has 0 spiro atoms. The van der Waals surface area contributed by atoms with Gasteiger partial charge in [0.2, 0.25) is 5.91 Å². The van der Waals surface area contributed by atoms with Crippen LogP contribution >= 0.6 is 11.6 Å². The molecule has 1 amide bonds. The Bertz CT molecular complexity index is 1590. The molecule has 0 unspecified atom stereocenters. The van der Waals surface area contributed by atoms with E-state index in [1.807, 2.05) is 4.72 Å². The van der Waals surface area contributed by atoms with Crippen LogP contribution in [0.5, 0.6) is 5.75 Å². The average Bonchev–Trinajstić information content (AvgIpc) is 3.21. The van der Waals surface area contributed by atoms with Gasteiger partial charge >= 0.3 is 0 Å². The molecular formula is C26H21ClN2O6S. The van der Waals surface area contributed by atoms with E-state index in [4.69, 9.17) is 16.3 Å². The molecule has 0 saturated carbocycles. The molecule has 0 bridgehead atoms. The number of rotatable bonds is 7. The van der Waals surface area contributed by atoms with Gasteiger partial charge in [-0.1, -0.05) is 23.7 Å². The zero-order chi connectivity index (χ0) is 26.0. The number of Topliss-reactive ketones (excluding diaryl/α,β-unsaturated/α-hetero) is 1. The Balaban J connectivity index is 1.64. The van der Waals surface area contributed by atoms with Crippen LogP contribution in [0.1, 0.15) is 33.2 Å². The van der Waals surface area contributed by atoms with Crippen molar-refractivity contribution in [3.8, 4) is 5.75 Å². The van der Waals surface area contributed by atoms with Crippen LogP contribution in [-0.2, 0) is 21.2 Å². The van der Waals surface area contributed by atoms with Crippen LogP contribution in [0.15, 0.2) is 77.8 Å². The van der Waals surface area contributed by atoms with Gasteiger partial charge in [0.05, 0.1) is 23.9 Å². The Kier molecular flexibility index (Phi) is 6.96. The minimum atomic E-state index is -4.17. The predicted molar refractivity (Wildman–Crippen MR) is 135 cm³/mol. The topological polar surface area (TPSA) is 112 Å². The van der Waals surface area contributed by atoms with E-state index in [0.29, 0.717) is 38.4 Å². The SMILES string of the molecule is COc1ccc2c(c1)c(CC(=O)NS(=O)(=O)c1ccc(C(C)=O)cc1)cn2C(=O)c1ccc(Cl)cc1. The number of fused-ring (bicyclic) bond motifs is 1. The summed E-state index contributed by atoms with van der Waals surface area (Å²) in [7, 11) is -2.67. The van der Waals surface area contributed by atoms with E-state index in [1.165, 1.54) is 49.1 Å². The van der Waals surface area contributed by atoms with Crippen molar-refractivity contribution in [2.45, 2.75) is 18.2 Å². The molecule has 4 aromatic rings. The van der Waals surface area contributed by atoms with Crippen LogP contribution in [0.25, 0.3) is 10.9 Å². The Morgan fingerprint density at radius 3 is 2.19 bits per heavy atom. The second-order valence-corrected chi connectivity index (χ2v) is 10.1. The van der Waals surface area contributed by atoms with Crippen molar-refractivity contribution in [1.82, 2.24) is 9.29 Å². The minimum absolute atomic E-state index is 0.150. The summed E-state index contributed by atoms with van der Waals surface area (Å²) in [4.78, 5) is 37.2. The quantitative estimate of drug-likeness (QED) is 0.362.